The summed E-state index contributed by atoms with van der Waals surface area (Å²) in [6.45, 7) is 3.46. The van der Waals surface area contributed by atoms with Gasteiger partial charge in [0.25, 0.3) is 17.5 Å². The standard InChI is InChI=1S/C33H28N4O7S/c1-20-11-14-24(33(41)42)18-28(20)35-30(38)21(2)45-27-10-6-9-25(19-27)34-32(40)29(36-31(39)23-7-4-3-5-8-23)17-22-12-15-26(16-13-22)37(43)44/h3-19,21H,1-2H3,(H,34,40)(H,35,38)(H,36,39)(H,41,42)/b29-17+. The molecule has 0 spiro atoms. The van der Waals surface area contributed by atoms with Crippen LogP contribution in [-0.4, -0.2) is 39.0 Å². The maximum atomic E-state index is 13.4. The first-order chi connectivity index (χ1) is 21.5. The topological polar surface area (TPSA) is 168 Å². The van der Waals surface area contributed by atoms with E-state index in [9.17, 15) is 34.4 Å². The Hall–Kier alpha value is -5.75. The SMILES string of the molecule is Cc1ccc(C(=O)O)cc1NC(=O)C(C)Sc1cccc(NC(=O)/C(=C\c2ccc([N+](=O)[O-])cc2)NC(=O)c2ccccc2)c1. The van der Waals surface area contributed by atoms with Crippen molar-refractivity contribution in [2.24, 2.45) is 0 Å². The fraction of sp³-hybridized carbons (Fsp3) is 0.0909. The number of nitro groups is 1. The van der Waals surface area contributed by atoms with Crippen LogP contribution in [-0.2, 0) is 9.59 Å². The molecule has 1 unspecified atom stereocenters. The Morgan fingerprint density at radius 3 is 2.24 bits per heavy atom. The zero-order chi connectivity index (χ0) is 32.5. The number of benzene rings is 4. The highest BCUT2D eigenvalue weighted by molar-refractivity contribution is 8.00. The third-order valence-electron chi connectivity index (χ3n) is 6.46. The van der Waals surface area contributed by atoms with Crippen molar-refractivity contribution in [3.63, 3.8) is 0 Å². The number of carbonyl (C=O) groups is 4. The molecule has 0 aliphatic heterocycles. The quantitative estimate of drug-likeness (QED) is 0.0669. The van der Waals surface area contributed by atoms with E-state index >= 15 is 0 Å². The molecule has 4 N–H and O–H groups in total. The molecule has 4 aromatic carbocycles. The molecule has 12 heteroatoms. The number of carbonyl (C=O) groups excluding carboxylic acids is 3. The van der Waals surface area contributed by atoms with Crippen molar-refractivity contribution >= 4 is 58.6 Å². The van der Waals surface area contributed by atoms with Crippen molar-refractivity contribution in [3.05, 3.63) is 135 Å². The highest BCUT2D eigenvalue weighted by Gasteiger charge is 2.19. The number of nitrogens with one attached hydrogen (secondary N) is 3. The second-order valence-electron chi connectivity index (χ2n) is 9.79. The number of carboxylic acid groups (broad SMARTS) is 1. The Bertz CT molecular complexity index is 1790. The molecule has 4 rings (SSSR count). The van der Waals surface area contributed by atoms with Crippen LogP contribution < -0.4 is 16.0 Å². The number of aromatic carboxylic acids is 1. The molecule has 3 amide bonds. The van der Waals surface area contributed by atoms with E-state index in [1.54, 1.807) is 74.5 Å². The number of hydrogen-bond donors (Lipinski definition) is 4. The second-order valence-corrected chi connectivity index (χ2v) is 11.2. The Balaban J connectivity index is 1.49. The lowest BCUT2D eigenvalue weighted by Gasteiger charge is -2.15. The van der Waals surface area contributed by atoms with Crippen LogP contribution in [0.5, 0.6) is 0 Å². The highest BCUT2D eigenvalue weighted by Crippen LogP contribution is 2.28. The molecule has 0 heterocycles. The van der Waals surface area contributed by atoms with Gasteiger partial charge in [0.1, 0.15) is 5.70 Å². The number of hydrogen-bond acceptors (Lipinski definition) is 7. The molecule has 0 bridgehead atoms. The van der Waals surface area contributed by atoms with Crippen LogP contribution in [0.15, 0.2) is 108 Å². The lowest BCUT2D eigenvalue weighted by Crippen LogP contribution is -2.30. The number of thioether (sulfide) groups is 1. The first-order valence-corrected chi connectivity index (χ1v) is 14.4. The molecule has 4 aromatic rings. The molecule has 0 saturated heterocycles. The van der Waals surface area contributed by atoms with Crippen molar-refractivity contribution in [2.75, 3.05) is 10.6 Å². The molecule has 1 atom stereocenters. The first kappa shape index (κ1) is 32.2. The number of anilines is 2. The average Bonchev–Trinajstić information content (AvgIpc) is 3.02. The fourth-order valence-electron chi connectivity index (χ4n) is 4.03. The van der Waals surface area contributed by atoms with Crippen molar-refractivity contribution in [3.8, 4) is 0 Å². The molecule has 0 aliphatic rings. The van der Waals surface area contributed by atoms with Gasteiger partial charge in [-0.3, -0.25) is 24.5 Å². The summed E-state index contributed by atoms with van der Waals surface area (Å²) in [4.78, 5) is 61.7. The number of nitrogens with zero attached hydrogens (tertiary/aromatic N) is 1. The van der Waals surface area contributed by atoms with E-state index in [4.69, 9.17) is 0 Å². The van der Waals surface area contributed by atoms with Crippen LogP contribution in [0, 0.1) is 17.0 Å². The molecule has 228 valence electrons. The summed E-state index contributed by atoms with van der Waals surface area (Å²) < 4.78 is 0. The Morgan fingerprint density at radius 2 is 1.58 bits per heavy atom. The lowest BCUT2D eigenvalue weighted by molar-refractivity contribution is -0.384. The molecule has 0 fully saturated rings. The smallest absolute Gasteiger partial charge is 0.335 e. The molecule has 0 saturated carbocycles. The summed E-state index contributed by atoms with van der Waals surface area (Å²) in [6, 6.07) is 25.1. The maximum absolute atomic E-state index is 13.4. The summed E-state index contributed by atoms with van der Waals surface area (Å²) in [5, 5.41) is 27.9. The first-order valence-electron chi connectivity index (χ1n) is 13.6. The third kappa shape index (κ3) is 8.88. The number of aryl methyl sites for hydroxylation is 1. The van der Waals surface area contributed by atoms with E-state index in [1.165, 1.54) is 54.2 Å². The van der Waals surface area contributed by atoms with Gasteiger partial charge in [0.15, 0.2) is 0 Å². The Morgan fingerprint density at radius 1 is 0.867 bits per heavy atom. The molecule has 11 nitrogen and oxygen atoms in total. The van der Waals surface area contributed by atoms with Crippen LogP contribution in [0.25, 0.3) is 6.08 Å². The second kappa shape index (κ2) is 14.6. The van der Waals surface area contributed by atoms with E-state index in [0.717, 1.165) is 0 Å². The van der Waals surface area contributed by atoms with Crippen molar-refractivity contribution in [1.82, 2.24) is 5.32 Å². The van der Waals surface area contributed by atoms with E-state index in [-0.39, 0.29) is 22.9 Å². The molecule has 0 aliphatic carbocycles. The monoisotopic (exact) mass is 624 g/mol. The van der Waals surface area contributed by atoms with Crippen molar-refractivity contribution in [2.45, 2.75) is 24.0 Å². The zero-order valence-electron chi connectivity index (χ0n) is 24.1. The number of amides is 3. The number of rotatable bonds is 11. The van der Waals surface area contributed by atoms with Gasteiger partial charge in [-0.15, -0.1) is 11.8 Å². The van der Waals surface area contributed by atoms with Gasteiger partial charge in [0, 0.05) is 34.0 Å². The molecule has 45 heavy (non-hydrogen) atoms. The number of non-ortho nitro benzene ring substituents is 1. The lowest BCUT2D eigenvalue weighted by atomic mass is 10.1. The van der Waals surface area contributed by atoms with Gasteiger partial charge in [0.05, 0.1) is 15.7 Å². The van der Waals surface area contributed by atoms with Gasteiger partial charge in [0.2, 0.25) is 5.91 Å². The normalized spacial score (nSPS) is 11.6. The van der Waals surface area contributed by atoms with E-state index in [2.05, 4.69) is 16.0 Å². The minimum Gasteiger partial charge on any atom is -0.478 e. The highest BCUT2D eigenvalue weighted by atomic mass is 32.2. The number of carboxylic acids is 1. The summed E-state index contributed by atoms with van der Waals surface area (Å²) >= 11 is 1.23. The Kier molecular flexibility index (Phi) is 10.5. The predicted octanol–water partition coefficient (Wildman–Crippen LogP) is 6.13. The van der Waals surface area contributed by atoms with Crippen LogP contribution in [0.1, 0.15) is 38.8 Å². The van der Waals surface area contributed by atoms with Crippen LogP contribution >= 0.6 is 11.8 Å². The third-order valence-corrected chi connectivity index (χ3v) is 7.55. The fourth-order valence-corrected chi connectivity index (χ4v) is 4.95. The summed E-state index contributed by atoms with van der Waals surface area (Å²) in [5.41, 5.74) is 2.14. The molecule has 0 radical (unpaired) electrons. The zero-order valence-corrected chi connectivity index (χ0v) is 25.0. The van der Waals surface area contributed by atoms with E-state index < -0.39 is 28.0 Å². The minimum absolute atomic E-state index is 0.0570. The van der Waals surface area contributed by atoms with Crippen LogP contribution in [0.4, 0.5) is 17.1 Å². The van der Waals surface area contributed by atoms with E-state index in [1.807, 2.05) is 0 Å². The summed E-state index contributed by atoms with van der Waals surface area (Å²) in [5.74, 6) is -2.60. The Labute approximate surface area is 262 Å². The van der Waals surface area contributed by atoms with Gasteiger partial charge in [-0.2, -0.15) is 0 Å². The largest absolute Gasteiger partial charge is 0.478 e. The van der Waals surface area contributed by atoms with Crippen molar-refractivity contribution in [1.29, 1.82) is 0 Å². The van der Waals surface area contributed by atoms with Crippen LogP contribution in [0.2, 0.25) is 0 Å². The predicted molar refractivity (Wildman–Crippen MR) is 172 cm³/mol. The molecular weight excluding hydrogens is 596 g/mol. The van der Waals surface area contributed by atoms with Gasteiger partial charge >= 0.3 is 5.97 Å². The van der Waals surface area contributed by atoms with Gasteiger partial charge < -0.3 is 21.1 Å². The van der Waals surface area contributed by atoms with E-state index in [0.29, 0.717) is 33.0 Å². The minimum atomic E-state index is -1.10. The number of nitro benzene ring substituents is 1. The average molecular weight is 625 g/mol. The maximum Gasteiger partial charge on any atom is 0.335 e. The molecule has 0 aromatic heterocycles. The van der Waals surface area contributed by atoms with Gasteiger partial charge in [-0.1, -0.05) is 30.3 Å². The van der Waals surface area contributed by atoms with Gasteiger partial charge in [-0.05, 0) is 85.6 Å². The summed E-state index contributed by atoms with van der Waals surface area (Å²) in [7, 11) is 0. The van der Waals surface area contributed by atoms with Gasteiger partial charge in [-0.25, -0.2) is 4.79 Å². The van der Waals surface area contributed by atoms with Crippen LogP contribution in [0.3, 0.4) is 0 Å². The molecular formula is C33H28N4O7S. The summed E-state index contributed by atoms with van der Waals surface area (Å²) in [6.07, 6.45) is 1.41. The van der Waals surface area contributed by atoms with Crippen molar-refractivity contribution < 1.29 is 29.2 Å².